The van der Waals surface area contributed by atoms with E-state index in [1.54, 1.807) is 0 Å². The number of rotatable bonds is 2. The number of thiol groups is 1. The molecule has 2 N–H and O–H groups in total. The van der Waals surface area contributed by atoms with E-state index in [1.165, 1.54) is 12.1 Å². The van der Waals surface area contributed by atoms with Gasteiger partial charge in [-0.1, -0.05) is 0 Å². The highest BCUT2D eigenvalue weighted by Gasteiger charge is 2.16. The van der Waals surface area contributed by atoms with Crippen LogP contribution in [0.1, 0.15) is 10.4 Å². The van der Waals surface area contributed by atoms with Gasteiger partial charge in [0.2, 0.25) is 0 Å². The van der Waals surface area contributed by atoms with Crippen LogP contribution in [0.2, 0.25) is 0 Å². The fraction of sp³-hybridized carbons (Fsp3) is 0. The van der Waals surface area contributed by atoms with E-state index in [9.17, 15) is 14.9 Å². The Morgan fingerprint density at radius 3 is 2.62 bits per heavy atom. The molecule has 0 bridgehead atoms. The second-order valence-corrected chi connectivity index (χ2v) is 2.79. The summed E-state index contributed by atoms with van der Waals surface area (Å²) in [6.07, 6.45) is 0.449. The molecule has 0 aromatic heterocycles. The molecule has 13 heavy (non-hydrogen) atoms. The summed E-state index contributed by atoms with van der Waals surface area (Å²) in [5.41, 5.74) is 5.00. The van der Waals surface area contributed by atoms with Gasteiger partial charge in [-0.25, -0.2) is 0 Å². The van der Waals surface area contributed by atoms with E-state index in [-0.39, 0.29) is 16.9 Å². The number of anilines is 1. The zero-order chi connectivity index (χ0) is 10.0. The zero-order valence-electron chi connectivity index (χ0n) is 6.43. The Morgan fingerprint density at radius 1 is 1.54 bits per heavy atom. The molecule has 0 radical (unpaired) electrons. The van der Waals surface area contributed by atoms with Crippen molar-refractivity contribution in [3.8, 4) is 0 Å². The predicted octanol–water partition coefficient (Wildman–Crippen LogP) is 1.28. The van der Waals surface area contributed by atoms with E-state index in [0.717, 1.165) is 0 Å². The molecule has 68 valence electrons. The Balaban J connectivity index is 3.44. The van der Waals surface area contributed by atoms with Gasteiger partial charge in [0.15, 0.2) is 6.29 Å². The molecular formula is C7H6N2O3S. The van der Waals surface area contributed by atoms with Crippen LogP contribution in [0.15, 0.2) is 17.0 Å². The number of carbonyl (C=O) groups excluding carboxylic acids is 1. The van der Waals surface area contributed by atoms with E-state index in [2.05, 4.69) is 12.6 Å². The number of carbonyl (C=O) groups is 1. The van der Waals surface area contributed by atoms with Crippen LogP contribution in [0.5, 0.6) is 0 Å². The van der Waals surface area contributed by atoms with Gasteiger partial charge in [0, 0.05) is 11.0 Å². The van der Waals surface area contributed by atoms with Crippen molar-refractivity contribution >= 4 is 30.3 Å². The minimum Gasteiger partial charge on any atom is -0.393 e. The van der Waals surface area contributed by atoms with E-state index >= 15 is 0 Å². The number of hydrogen-bond donors (Lipinski definition) is 2. The number of benzene rings is 1. The van der Waals surface area contributed by atoms with Crippen molar-refractivity contribution in [2.75, 3.05) is 5.73 Å². The average molecular weight is 198 g/mol. The molecule has 1 rings (SSSR count). The number of nitrogens with two attached hydrogens (primary N) is 1. The lowest BCUT2D eigenvalue weighted by atomic mass is 10.1. The van der Waals surface area contributed by atoms with Gasteiger partial charge >= 0.3 is 0 Å². The third-order valence-corrected chi connectivity index (χ3v) is 1.95. The topological polar surface area (TPSA) is 86.2 Å². The van der Waals surface area contributed by atoms with Gasteiger partial charge < -0.3 is 5.73 Å². The Labute approximate surface area is 79.1 Å². The van der Waals surface area contributed by atoms with Crippen molar-refractivity contribution in [1.29, 1.82) is 0 Å². The maximum Gasteiger partial charge on any atom is 0.292 e. The van der Waals surface area contributed by atoms with Gasteiger partial charge in [-0.2, -0.15) is 0 Å². The summed E-state index contributed by atoms with van der Waals surface area (Å²) in [7, 11) is 0. The maximum atomic E-state index is 10.5. The molecule has 0 fully saturated rings. The SMILES string of the molecule is Nc1c([N+](=O)[O-])ccc(S)c1C=O. The second-order valence-electron chi connectivity index (χ2n) is 2.31. The third-order valence-electron chi connectivity index (χ3n) is 1.56. The molecule has 6 heteroatoms. The van der Waals surface area contributed by atoms with Crippen molar-refractivity contribution in [1.82, 2.24) is 0 Å². The fourth-order valence-electron chi connectivity index (χ4n) is 0.896. The first-order valence-electron chi connectivity index (χ1n) is 3.29. The Morgan fingerprint density at radius 2 is 2.15 bits per heavy atom. The molecule has 0 saturated heterocycles. The first-order valence-corrected chi connectivity index (χ1v) is 3.73. The summed E-state index contributed by atoms with van der Waals surface area (Å²) in [5, 5.41) is 10.4. The lowest BCUT2D eigenvalue weighted by Crippen LogP contribution is -2.00. The first kappa shape index (κ1) is 9.53. The van der Waals surface area contributed by atoms with Crippen LogP contribution in [0.25, 0.3) is 0 Å². The number of hydrogen-bond acceptors (Lipinski definition) is 5. The summed E-state index contributed by atoms with van der Waals surface area (Å²) in [5.74, 6) is 0. The van der Waals surface area contributed by atoms with E-state index in [1.807, 2.05) is 0 Å². The van der Waals surface area contributed by atoms with Crippen LogP contribution in [0, 0.1) is 10.1 Å². The summed E-state index contributed by atoms with van der Waals surface area (Å²) in [6.45, 7) is 0. The molecule has 0 spiro atoms. The van der Waals surface area contributed by atoms with Crippen molar-refractivity contribution in [3.63, 3.8) is 0 Å². The molecule has 0 saturated carbocycles. The highest BCUT2D eigenvalue weighted by Crippen LogP contribution is 2.28. The van der Waals surface area contributed by atoms with E-state index in [0.29, 0.717) is 11.2 Å². The molecule has 0 aliphatic rings. The number of nitro benzene ring substituents is 1. The largest absolute Gasteiger partial charge is 0.393 e. The smallest absolute Gasteiger partial charge is 0.292 e. The fourth-order valence-corrected chi connectivity index (χ4v) is 1.14. The van der Waals surface area contributed by atoms with Gasteiger partial charge in [-0.15, -0.1) is 12.6 Å². The number of nitrogen functional groups attached to an aromatic ring is 1. The van der Waals surface area contributed by atoms with Gasteiger partial charge in [0.25, 0.3) is 5.69 Å². The lowest BCUT2D eigenvalue weighted by Gasteiger charge is -2.01. The molecule has 1 aromatic rings. The first-order chi connectivity index (χ1) is 6.07. The molecule has 0 unspecified atom stereocenters. The second kappa shape index (κ2) is 3.44. The predicted molar refractivity (Wildman–Crippen MR) is 50.1 cm³/mol. The van der Waals surface area contributed by atoms with Crippen molar-refractivity contribution < 1.29 is 9.72 Å². The van der Waals surface area contributed by atoms with Gasteiger partial charge in [-0.3, -0.25) is 14.9 Å². The quantitative estimate of drug-likeness (QED) is 0.246. The van der Waals surface area contributed by atoms with Crippen LogP contribution in [0.3, 0.4) is 0 Å². The van der Waals surface area contributed by atoms with Crippen LogP contribution in [0.4, 0.5) is 11.4 Å². The third kappa shape index (κ3) is 1.62. The van der Waals surface area contributed by atoms with Crippen LogP contribution >= 0.6 is 12.6 Å². The van der Waals surface area contributed by atoms with Crippen LogP contribution in [-0.2, 0) is 0 Å². The zero-order valence-corrected chi connectivity index (χ0v) is 7.32. The highest BCUT2D eigenvalue weighted by atomic mass is 32.1. The average Bonchev–Trinajstić information content (AvgIpc) is 2.04. The summed E-state index contributed by atoms with van der Waals surface area (Å²) in [4.78, 5) is 20.5. The highest BCUT2D eigenvalue weighted by molar-refractivity contribution is 7.80. The Kier molecular flexibility index (Phi) is 2.52. The minimum absolute atomic E-state index is 0.0533. The number of nitro groups is 1. The van der Waals surface area contributed by atoms with Gasteiger partial charge in [0.05, 0.1) is 10.5 Å². The molecular weight excluding hydrogens is 192 g/mol. The summed E-state index contributed by atoms with van der Waals surface area (Å²) < 4.78 is 0. The molecule has 0 aliphatic carbocycles. The molecule has 5 nitrogen and oxygen atoms in total. The number of aldehydes is 1. The molecule has 0 atom stereocenters. The molecule has 0 heterocycles. The van der Waals surface area contributed by atoms with E-state index in [4.69, 9.17) is 5.73 Å². The van der Waals surface area contributed by atoms with Crippen molar-refractivity contribution in [2.24, 2.45) is 0 Å². The Hall–Kier alpha value is -1.56. The molecule has 0 amide bonds. The van der Waals surface area contributed by atoms with Crippen molar-refractivity contribution in [3.05, 3.63) is 27.8 Å². The normalized spacial score (nSPS) is 9.62. The monoisotopic (exact) mass is 198 g/mol. The maximum absolute atomic E-state index is 10.5. The summed E-state index contributed by atoms with van der Waals surface area (Å²) in [6, 6.07) is 2.58. The van der Waals surface area contributed by atoms with Gasteiger partial charge in [-0.05, 0) is 6.07 Å². The standard InChI is InChI=1S/C7H6N2O3S/c8-7-4(3-10)6(13)2-1-5(7)9(11)12/h1-3,13H,8H2. The number of nitrogens with zero attached hydrogens (tertiary/aromatic N) is 1. The van der Waals surface area contributed by atoms with E-state index < -0.39 is 4.92 Å². The molecule has 1 aromatic carbocycles. The molecule has 0 aliphatic heterocycles. The van der Waals surface area contributed by atoms with Crippen molar-refractivity contribution in [2.45, 2.75) is 4.90 Å². The van der Waals surface area contributed by atoms with Crippen LogP contribution < -0.4 is 5.73 Å². The summed E-state index contributed by atoms with van der Waals surface area (Å²) >= 11 is 3.93. The Bertz CT molecular complexity index is 378. The van der Waals surface area contributed by atoms with Gasteiger partial charge in [0.1, 0.15) is 5.69 Å². The van der Waals surface area contributed by atoms with Crippen LogP contribution in [-0.4, -0.2) is 11.2 Å². The minimum atomic E-state index is -0.643. The lowest BCUT2D eigenvalue weighted by molar-refractivity contribution is -0.383.